The van der Waals surface area contributed by atoms with E-state index in [1.165, 1.54) is 0 Å². The van der Waals surface area contributed by atoms with E-state index in [9.17, 15) is 4.79 Å². The van der Waals surface area contributed by atoms with Crippen LogP contribution in [0.25, 0.3) is 0 Å². The minimum absolute atomic E-state index is 0.484. The summed E-state index contributed by atoms with van der Waals surface area (Å²) in [6, 6.07) is 0. The van der Waals surface area contributed by atoms with E-state index >= 15 is 0 Å². The van der Waals surface area contributed by atoms with E-state index in [4.69, 9.17) is 0 Å². The number of aromatic amines is 1. The van der Waals surface area contributed by atoms with Gasteiger partial charge in [-0.25, -0.2) is 0 Å². The number of aromatic nitrogens is 2. The fourth-order valence-corrected chi connectivity index (χ4v) is 0.585. The lowest BCUT2D eigenvalue weighted by atomic mass is 10.4. The summed E-state index contributed by atoms with van der Waals surface area (Å²) in [6.07, 6.45) is 2.28. The van der Waals surface area contributed by atoms with Crippen LogP contribution in [0.4, 0.5) is 5.69 Å². The zero-order valence-corrected chi connectivity index (χ0v) is 5.01. The van der Waals surface area contributed by atoms with Gasteiger partial charge in [-0.05, 0) is 0 Å². The van der Waals surface area contributed by atoms with Crippen molar-refractivity contribution in [3.05, 3.63) is 11.9 Å². The van der Waals surface area contributed by atoms with E-state index < -0.39 is 0 Å². The molecule has 0 spiro atoms. The largest absolute Gasteiger partial charge is 0.385 e. The summed E-state index contributed by atoms with van der Waals surface area (Å²) in [5, 5.41) is 8.97. The lowest BCUT2D eigenvalue weighted by Crippen LogP contribution is -1.90. The molecule has 4 heteroatoms. The van der Waals surface area contributed by atoms with Crippen molar-refractivity contribution in [1.29, 1.82) is 0 Å². The Labute approximate surface area is 52.3 Å². The van der Waals surface area contributed by atoms with Gasteiger partial charge in [-0.2, -0.15) is 5.10 Å². The van der Waals surface area contributed by atoms with Crippen LogP contribution in [-0.2, 0) is 0 Å². The van der Waals surface area contributed by atoms with Crippen molar-refractivity contribution in [3.63, 3.8) is 0 Å². The van der Waals surface area contributed by atoms with Crippen molar-refractivity contribution in [2.45, 2.75) is 0 Å². The van der Waals surface area contributed by atoms with Gasteiger partial charge in [0, 0.05) is 7.05 Å². The van der Waals surface area contributed by atoms with Gasteiger partial charge in [0.2, 0.25) is 0 Å². The zero-order valence-electron chi connectivity index (χ0n) is 5.01. The number of hydrogen-bond acceptors (Lipinski definition) is 3. The predicted molar refractivity (Wildman–Crippen MR) is 33.5 cm³/mol. The summed E-state index contributed by atoms with van der Waals surface area (Å²) < 4.78 is 0. The second kappa shape index (κ2) is 2.30. The summed E-state index contributed by atoms with van der Waals surface area (Å²) >= 11 is 0. The highest BCUT2D eigenvalue weighted by atomic mass is 16.1. The first-order valence-electron chi connectivity index (χ1n) is 2.54. The molecule has 0 saturated carbocycles. The quantitative estimate of drug-likeness (QED) is 0.557. The van der Waals surface area contributed by atoms with Crippen LogP contribution in [0.5, 0.6) is 0 Å². The second-order valence-corrected chi connectivity index (χ2v) is 1.57. The Kier molecular flexibility index (Phi) is 1.48. The average molecular weight is 125 g/mol. The summed E-state index contributed by atoms with van der Waals surface area (Å²) in [7, 11) is 1.73. The number of carbonyl (C=O) groups is 1. The summed E-state index contributed by atoms with van der Waals surface area (Å²) in [6.45, 7) is 0. The molecule has 9 heavy (non-hydrogen) atoms. The highest BCUT2D eigenvalue weighted by Gasteiger charge is 1.97. The van der Waals surface area contributed by atoms with Crippen molar-refractivity contribution in [3.8, 4) is 0 Å². The van der Waals surface area contributed by atoms with Crippen molar-refractivity contribution in [2.24, 2.45) is 0 Å². The van der Waals surface area contributed by atoms with Gasteiger partial charge in [0.15, 0.2) is 6.29 Å². The molecule has 0 aliphatic rings. The molecular formula is C5H7N3O. The molecule has 0 fully saturated rings. The predicted octanol–water partition coefficient (Wildman–Crippen LogP) is 0.264. The molecule has 0 bridgehead atoms. The Morgan fingerprint density at radius 1 is 1.89 bits per heavy atom. The Morgan fingerprint density at radius 3 is 3.11 bits per heavy atom. The molecule has 1 rings (SSSR count). The number of nitrogens with one attached hydrogen (secondary N) is 2. The number of anilines is 1. The number of hydrogen-bond donors (Lipinski definition) is 2. The third-order valence-corrected chi connectivity index (χ3v) is 1.06. The maximum Gasteiger partial charge on any atom is 0.169 e. The first-order chi connectivity index (χ1) is 4.38. The monoisotopic (exact) mass is 125 g/mol. The van der Waals surface area contributed by atoms with E-state index in [0.29, 0.717) is 5.69 Å². The minimum Gasteiger partial charge on any atom is -0.385 e. The third kappa shape index (κ3) is 0.910. The van der Waals surface area contributed by atoms with E-state index in [0.717, 1.165) is 12.0 Å². The molecule has 0 atom stereocenters. The maximum absolute atomic E-state index is 10.1. The lowest BCUT2D eigenvalue weighted by Gasteiger charge is -1.90. The molecule has 0 saturated heterocycles. The number of nitrogens with zero attached hydrogens (tertiary/aromatic N) is 1. The Bertz CT molecular complexity index is 206. The fourth-order valence-electron chi connectivity index (χ4n) is 0.585. The topological polar surface area (TPSA) is 57.8 Å². The van der Waals surface area contributed by atoms with Gasteiger partial charge >= 0.3 is 0 Å². The molecule has 4 nitrogen and oxygen atoms in total. The van der Waals surface area contributed by atoms with Gasteiger partial charge in [-0.1, -0.05) is 0 Å². The molecule has 1 aromatic rings. The number of carbonyl (C=O) groups excluding carboxylic acids is 1. The molecule has 0 amide bonds. The highest BCUT2D eigenvalue weighted by Crippen LogP contribution is 2.05. The molecule has 1 heterocycles. The molecule has 0 aliphatic carbocycles. The summed E-state index contributed by atoms with van der Waals surface area (Å²) in [5.41, 5.74) is 1.21. The van der Waals surface area contributed by atoms with Crippen molar-refractivity contribution in [2.75, 3.05) is 12.4 Å². The molecule has 1 aromatic heterocycles. The van der Waals surface area contributed by atoms with Crippen LogP contribution < -0.4 is 5.32 Å². The van der Waals surface area contributed by atoms with Crippen LogP contribution in [-0.4, -0.2) is 23.5 Å². The van der Waals surface area contributed by atoms with Crippen LogP contribution in [0.15, 0.2) is 6.20 Å². The highest BCUT2D eigenvalue weighted by molar-refractivity contribution is 5.80. The first kappa shape index (κ1) is 5.81. The minimum atomic E-state index is 0.484. The summed E-state index contributed by atoms with van der Waals surface area (Å²) in [5.74, 6) is 0. The maximum atomic E-state index is 10.1. The van der Waals surface area contributed by atoms with Crippen LogP contribution >= 0.6 is 0 Å². The van der Waals surface area contributed by atoms with Crippen molar-refractivity contribution < 1.29 is 4.79 Å². The van der Waals surface area contributed by atoms with Crippen LogP contribution in [0.2, 0.25) is 0 Å². The average Bonchev–Trinajstić information content (AvgIpc) is 2.33. The van der Waals surface area contributed by atoms with Gasteiger partial charge in [-0.15, -0.1) is 0 Å². The van der Waals surface area contributed by atoms with Crippen LogP contribution in [0, 0.1) is 0 Å². The van der Waals surface area contributed by atoms with Gasteiger partial charge < -0.3 is 5.32 Å². The lowest BCUT2D eigenvalue weighted by molar-refractivity contribution is 0.111. The molecule has 0 unspecified atom stereocenters. The van der Waals surface area contributed by atoms with Gasteiger partial charge in [0.1, 0.15) is 5.69 Å². The molecule has 0 radical (unpaired) electrons. The van der Waals surface area contributed by atoms with E-state index in [1.807, 2.05) is 0 Å². The van der Waals surface area contributed by atoms with Crippen molar-refractivity contribution in [1.82, 2.24) is 10.2 Å². The number of H-pyrrole nitrogens is 1. The fraction of sp³-hybridized carbons (Fsp3) is 0.200. The number of rotatable bonds is 2. The van der Waals surface area contributed by atoms with Crippen molar-refractivity contribution >= 4 is 12.0 Å². The Hall–Kier alpha value is -1.32. The molecule has 0 aliphatic heterocycles. The standard InChI is InChI=1S/C5H7N3O/c1-6-4-2-7-8-5(4)3-9/h2-3,6H,1H3,(H,7,8). The zero-order chi connectivity index (χ0) is 6.69. The smallest absolute Gasteiger partial charge is 0.169 e. The molecule has 48 valence electrons. The van der Waals surface area contributed by atoms with Gasteiger partial charge in [0.25, 0.3) is 0 Å². The van der Waals surface area contributed by atoms with E-state index in [2.05, 4.69) is 15.5 Å². The first-order valence-corrected chi connectivity index (χ1v) is 2.54. The Morgan fingerprint density at radius 2 is 2.67 bits per heavy atom. The van der Waals surface area contributed by atoms with E-state index in [-0.39, 0.29) is 0 Å². The van der Waals surface area contributed by atoms with Crippen LogP contribution in [0.1, 0.15) is 10.5 Å². The molecular weight excluding hydrogens is 118 g/mol. The van der Waals surface area contributed by atoms with E-state index in [1.54, 1.807) is 13.2 Å². The Balaban J connectivity index is 2.98. The number of aldehydes is 1. The SMILES string of the molecule is CNc1cn[nH]c1C=O. The van der Waals surface area contributed by atoms with Crippen LogP contribution in [0.3, 0.4) is 0 Å². The summed E-state index contributed by atoms with van der Waals surface area (Å²) in [4.78, 5) is 10.1. The molecule has 0 aromatic carbocycles. The second-order valence-electron chi connectivity index (χ2n) is 1.57. The molecule has 2 N–H and O–H groups in total. The van der Waals surface area contributed by atoms with Gasteiger partial charge in [-0.3, -0.25) is 9.89 Å². The van der Waals surface area contributed by atoms with Gasteiger partial charge in [0.05, 0.1) is 11.9 Å². The third-order valence-electron chi connectivity index (χ3n) is 1.06. The normalized spacial score (nSPS) is 9.00.